The number of anilines is 1. The lowest BCUT2D eigenvalue weighted by atomic mass is 9.98. The first-order valence-electron chi connectivity index (χ1n) is 13.4. The normalized spacial score (nSPS) is 18.0. The number of hydrogen-bond acceptors (Lipinski definition) is 6. The minimum Gasteiger partial charge on any atom is -0.465 e. The van der Waals surface area contributed by atoms with Crippen molar-refractivity contribution in [3.8, 4) is 33.6 Å². The molecule has 0 saturated carbocycles. The number of nitrogens with zero attached hydrogens (tertiary/aromatic N) is 7. The van der Waals surface area contributed by atoms with Crippen LogP contribution in [0.5, 0.6) is 0 Å². The molecule has 0 aliphatic carbocycles. The van der Waals surface area contributed by atoms with Crippen LogP contribution in [-0.4, -0.2) is 71.1 Å². The zero-order valence-electron chi connectivity index (χ0n) is 21.9. The molecule has 2 N–H and O–H groups in total. The van der Waals surface area contributed by atoms with Gasteiger partial charge in [0.2, 0.25) is 0 Å². The molecule has 2 aliphatic heterocycles. The van der Waals surface area contributed by atoms with Crippen LogP contribution < -0.4 is 4.90 Å². The van der Waals surface area contributed by atoms with Crippen molar-refractivity contribution in [2.75, 3.05) is 18.0 Å². The number of fused-ring (bicyclic) bond motifs is 4. The summed E-state index contributed by atoms with van der Waals surface area (Å²) in [5.74, 6) is -0.393. The van der Waals surface area contributed by atoms with Gasteiger partial charge in [-0.3, -0.25) is 10.1 Å². The van der Waals surface area contributed by atoms with Gasteiger partial charge in [-0.1, -0.05) is 17.7 Å². The minimum absolute atomic E-state index is 0.00645. The lowest BCUT2D eigenvalue weighted by Gasteiger charge is -2.34. The Morgan fingerprint density at radius 3 is 2.62 bits per heavy atom. The van der Waals surface area contributed by atoms with Crippen LogP contribution in [0.25, 0.3) is 50.2 Å². The summed E-state index contributed by atoms with van der Waals surface area (Å²) in [7, 11) is 0. The van der Waals surface area contributed by atoms with Crippen molar-refractivity contribution in [1.29, 1.82) is 0 Å². The van der Waals surface area contributed by atoms with Gasteiger partial charge in [0.1, 0.15) is 17.0 Å². The summed E-state index contributed by atoms with van der Waals surface area (Å²) in [6.45, 7) is 1.13. The highest BCUT2D eigenvalue weighted by atomic mass is 35.5. The maximum atomic E-state index is 14.6. The highest BCUT2D eigenvalue weighted by Gasteiger charge is 2.45. The number of benzene rings is 2. The first kappa shape index (κ1) is 24.7. The molecule has 42 heavy (non-hydrogen) atoms. The fourth-order valence-electron chi connectivity index (χ4n) is 6.44. The zero-order chi connectivity index (χ0) is 28.5. The molecule has 2 bridgehead atoms. The number of aromatic amines is 1. The van der Waals surface area contributed by atoms with Crippen LogP contribution in [0.3, 0.4) is 0 Å². The molecular formula is C30H22ClFN8O2. The third-order valence-electron chi connectivity index (χ3n) is 8.35. The van der Waals surface area contributed by atoms with Gasteiger partial charge in [-0.15, -0.1) is 0 Å². The molecular weight excluding hydrogens is 559 g/mol. The van der Waals surface area contributed by atoms with Crippen molar-refractivity contribution < 1.29 is 14.3 Å². The van der Waals surface area contributed by atoms with Crippen LogP contribution in [-0.2, 0) is 0 Å². The SMILES string of the molecule is O=C(O)N1C[C@@H]2C[C@H]1CN2c1ccc(-c2ccnc3c(-c4ccc(F)c5[nH]ncc45)c(-c4ccncc4)nn23)c(Cl)c1. The largest absolute Gasteiger partial charge is 0.465 e. The summed E-state index contributed by atoms with van der Waals surface area (Å²) in [6.07, 6.45) is 6.67. The Kier molecular flexibility index (Phi) is 5.45. The van der Waals surface area contributed by atoms with Crippen LogP contribution in [0.2, 0.25) is 5.02 Å². The van der Waals surface area contributed by atoms with Gasteiger partial charge < -0.3 is 14.9 Å². The van der Waals surface area contributed by atoms with Crippen molar-refractivity contribution in [3.05, 3.63) is 84.2 Å². The molecule has 2 aromatic carbocycles. The monoisotopic (exact) mass is 580 g/mol. The molecule has 6 aromatic rings. The van der Waals surface area contributed by atoms with Gasteiger partial charge >= 0.3 is 6.09 Å². The van der Waals surface area contributed by atoms with Crippen LogP contribution >= 0.6 is 11.6 Å². The number of amides is 1. The van der Waals surface area contributed by atoms with Gasteiger partial charge in [-0.05, 0) is 54.4 Å². The van der Waals surface area contributed by atoms with E-state index in [-0.39, 0.29) is 12.1 Å². The fraction of sp³-hybridized carbons (Fsp3) is 0.167. The number of carbonyl (C=O) groups is 1. The highest BCUT2D eigenvalue weighted by molar-refractivity contribution is 6.33. The number of likely N-dealkylation sites (tertiary alicyclic amines) is 1. The molecule has 10 nitrogen and oxygen atoms in total. The van der Waals surface area contributed by atoms with Crippen molar-refractivity contribution in [2.24, 2.45) is 0 Å². The number of aromatic nitrogens is 6. The highest BCUT2D eigenvalue weighted by Crippen LogP contribution is 2.41. The molecule has 2 atom stereocenters. The quantitative estimate of drug-likeness (QED) is 0.273. The molecule has 2 aliphatic rings. The predicted octanol–water partition coefficient (Wildman–Crippen LogP) is 5.74. The first-order valence-corrected chi connectivity index (χ1v) is 13.8. The average molecular weight is 581 g/mol. The Bertz CT molecular complexity index is 2030. The molecule has 0 radical (unpaired) electrons. The summed E-state index contributed by atoms with van der Waals surface area (Å²) in [4.78, 5) is 24.2. The Hall–Kier alpha value is -5.03. The summed E-state index contributed by atoms with van der Waals surface area (Å²) in [5, 5.41) is 22.5. The Labute approximate surface area is 243 Å². The second kappa shape index (κ2) is 9.25. The topological polar surface area (TPSA) is 116 Å². The third-order valence-corrected chi connectivity index (χ3v) is 8.67. The summed E-state index contributed by atoms with van der Waals surface area (Å²) >= 11 is 6.93. The number of piperazine rings is 1. The molecule has 2 fully saturated rings. The number of H-pyrrole nitrogens is 1. The van der Waals surface area contributed by atoms with Crippen LogP contribution in [0.15, 0.2) is 73.3 Å². The van der Waals surface area contributed by atoms with E-state index in [1.165, 1.54) is 11.0 Å². The van der Waals surface area contributed by atoms with Gasteiger partial charge in [0.15, 0.2) is 5.65 Å². The molecule has 0 spiro atoms. The second-order valence-electron chi connectivity index (χ2n) is 10.6. The van der Waals surface area contributed by atoms with E-state index in [0.717, 1.165) is 40.1 Å². The number of rotatable bonds is 4. The molecule has 2 saturated heterocycles. The Balaban J connectivity index is 1.27. The summed E-state index contributed by atoms with van der Waals surface area (Å²) in [5.41, 5.74) is 6.33. The molecule has 4 aromatic heterocycles. The zero-order valence-corrected chi connectivity index (χ0v) is 22.7. The van der Waals surface area contributed by atoms with Gasteiger partial charge in [-0.25, -0.2) is 18.7 Å². The molecule has 1 amide bonds. The maximum Gasteiger partial charge on any atom is 0.407 e. The van der Waals surface area contributed by atoms with Gasteiger partial charge in [-0.2, -0.15) is 10.2 Å². The van der Waals surface area contributed by atoms with E-state index >= 15 is 0 Å². The van der Waals surface area contributed by atoms with Crippen LogP contribution in [0.1, 0.15) is 6.42 Å². The van der Waals surface area contributed by atoms with E-state index in [2.05, 4.69) is 20.1 Å². The van der Waals surface area contributed by atoms with E-state index in [1.807, 2.05) is 36.4 Å². The third kappa shape index (κ3) is 3.66. The van der Waals surface area contributed by atoms with Crippen molar-refractivity contribution >= 4 is 39.9 Å². The molecule has 12 heteroatoms. The average Bonchev–Trinajstić information content (AvgIpc) is 3.81. The molecule has 8 rings (SSSR count). The predicted molar refractivity (Wildman–Crippen MR) is 156 cm³/mol. The number of halogens is 2. The van der Waals surface area contributed by atoms with Crippen molar-refractivity contribution in [2.45, 2.75) is 18.5 Å². The number of carboxylic acid groups (broad SMARTS) is 1. The molecule has 6 heterocycles. The maximum absolute atomic E-state index is 14.6. The second-order valence-corrected chi connectivity index (χ2v) is 11.0. The lowest BCUT2D eigenvalue weighted by Crippen LogP contribution is -2.48. The summed E-state index contributed by atoms with van der Waals surface area (Å²) in [6, 6.07) is 14.8. The minimum atomic E-state index is -0.865. The number of hydrogen-bond donors (Lipinski definition) is 2. The van der Waals surface area contributed by atoms with E-state index in [4.69, 9.17) is 21.7 Å². The van der Waals surface area contributed by atoms with Gasteiger partial charge in [0.25, 0.3) is 0 Å². The Morgan fingerprint density at radius 1 is 1.02 bits per heavy atom. The molecule has 0 unspecified atom stereocenters. The number of pyridine rings is 1. The van der Waals surface area contributed by atoms with E-state index in [9.17, 15) is 14.3 Å². The van der Waals surface area contributed by atoms with E-state index in [0.29, 0.717) is 40.4 Å². The van der Waals surface area contributed by atoms with Crippen molar-refractivity contribution in [3.63, 3.8) is 0 Å². The Morgan fingerprint density at radius 2 is 1.86 bits per heavy atom. The van der Waals surface area contributed by atoms with Crippen molar-refractivity contribution in [1.82, 2.24) is 34.7 Å². The van der Waals surface area contributed by atoms with Gasteiger partial charge in [0, 0.05) is 59.9 Å². The smallest absolute Gasteiger partial charge is 0.407 e. The van der Waals surface area contributed by atoms with E-state index < -0.39 is 11.9 Å². The molecule has 208 valence electrons. The number of nitrogens with one attached hydrogen (secondary N) is 1. The van der Waals surface area contributed by atoms with Crippen LogP contribution in [0, 0.1) is 5.82 Å². The standard InChI is InChI=1S/C30H22ClFN8O2/c31-23-12-17(38-14-19-11-18(38)15-39(19)30(41)42)1-2-21(23)25-7-10-34-29-26(20-3-4-24(32)28-22(20)13-35-36-28)27(37-40(25)29)16-5-8-33-9-6-16/h1-10,12-13,18-19H,11,14-15H2,(H,35,36)(H,41,42)/t18-,19-/m0/s1. The first-order chi connectivity index (χ1) is 20.5. The fourth-order valence-corrected chi connectivity index (χ4v) is 6.71. The van der Waals surface area contributed by atoms with Gasteiger partial charge in [0.05, 0.1) is 28.5 Å². The van der Waals surface area contributed by atoms with Crippen LogP contribution in [0.4, 0.5) is 14.9 Å². The summed E-state index contributed by atoms with van der Waals surface area (Å²) < 4.78 is 16.4. The lowest BCUT2D eigenvalue weighted by molar-refractivity contribution is 0.137. The van der Waals surface area contributed by atoms with E-state index in [1.54, 1.807) is 35.4 Å².